The van der Waals surface area contributed by atoms with Crippen molar-refractivity contribution in [2.75, 3.05) is 0 Å². The summed E-state index contributed by atoms with van der Waals surface area (Å²) in [6, 6.07) is 3.59. The number of carbonyl (C=O) groups is 1. The number of nitrogen functional groups attached to an aromatic ring is 1. The Hall–Kier alpha value is -2.03. The largest absolute Gasteiger partial charge is 0.540 e. The van der Waals surface area contributed by atoms with Gasteiger partial charge in [-0.2, -0.15) is 13.2 Å². The molecule has 0 aliphatic carbocycles. The van der Waals surface area contributed by atoms with Gasteiger partial charge in [-0.05, 0) is 17.6 Å². The van der Waals surface area contributed by atoms with Crippen LogP contribution in [0.25, 0.3) is 0 Å². The van der Waals surface area contributed by atoms with E-state index in [9.17, 15) is 18.0 Å². The molecule has 0 spiro atoms. The maximum atomic E-state index is 12.7. The minimum atomic E-state index is -4.54. The van der Waals surface area contributed by atoms with Crippen molar-refractivity contribution >= 4 is 30.4 Å². The molecule has 0 bridgehead atoms. The Morgan fingerprint density at radius 2 is 2.17 bits per heavy atom. The van der Waals surface area contributed by atoms with E-state index in [0.29, 0.717) is 6.40 Å². The van der Waals surface area contributed by atoms with Gasteiger partial charge in [-0.25, -0.2) is 10.8 Å². The SMILES string of the molecule is NNC(=O)c1ccc2c(c1)N=COB2C(F)(F)F. The number of nitrogens with two attached hydrogens (primary N) is 1. The third kappa shape index (κ3) is 2.16. The summed E-state index contributed by atoms with van der Waals surface area (Å²) in [7, 11) is 0. The van der Waals surface area contributed by atoms with Crippen molar-refractivity contribution in [2.24, 2.45) is 10.8 Å². The Kier molecular flexibility index (Phi) is 2.99. The third-order valence-electron chi connectivity index (χ3n) is 2.39. The van der Waals surface area contributed by atoms with E-state index in [0.717, 1.165) is 6.07 Å². The van der Waals surface area contributed by atoms with Crippen molar-refractivity contribution in [3.8, 4) is 0 Å². The predicted molar refractivity (Wildman–Crippen MR) is 58.8 cm³/mol. The first-order valence-corrected chi connectivity index (χ1v) is 4.83. The van der Waals surface area contributed by atoms with Gasteiger partial charge in [0.2, 0.25) is 0 Å². The highest BCUT2D eigenvalue weighted by Gasteiger charge is 2.51. The lowest BCUT2D eigenvalue weighted by Crippen LogP contribution is -2.48. The van der Waals surface area contributed by atoms with Crippen LogP contribution in [0.3, 0.4) is 0 Å². The van der Waals surface area contributed by atoms with Crippen molar-refractivity contribution in [2.45, 2.75) is 6.08 Å². The molecule has 0 fully saturated rings. The van der Waals surface area contributed by atoms with Crippen LogP contribution in [0.5, 0.6) is 0 Å². The number of halogens is 3. The van der Waals surface area contributed by atoms with Gasteiger partial charge in [-0.1, -0.05) is 6.07 Å². The van der Waals surface area contributed by atoms with Gasteiger partial charge in [0.25, 0.3) is 5.91 Å². The Morgan fingerprint density at radius 3 is 2.78 bits per heavy atom. The first-order valence-electron chi connectivity index (χ1n) is 4.83. The molecule has 1 heterocycles. The zero-order chi connectivity index (χ0) is 13.3. The summed E-state index contributed by atoms with van der Waals surface area (Å²) in [4.78, 5) is 14.9. The number of alkyl halides is 3. The lowest BCUT2D eigenvalue weighted by Gasteiger charge is -2.20. The second kappa shape index (κ2) is 4.33. The molecule has 1 aromatic carbocycles. The molecule has 0 saturated heterocycles. The molecular weight excluding hydrogens is 250 g/mol. The van der Waals surface area contributed by atoms with Gasteiger partial charge in [0.1, 0.15) is 0 Å². The summed E-state index contributed by atoms with van der Waals surface area (Å²) in [6.07, 6.45) is -3.83. The lowest BCUT2D eigenvalue weighted by molar-refractivity contribution is -0.0589. The Bertz CT molecular complexity index is 518. The molecular formula is C9H7BF3N3O2. The van der Waals surface area contributed by atoms with Gasteiger partial charge in [-0.3, -0.25) is 10.2 Å². The minimum absolute atomic E-state index is 0.0321. The van der Waals surface area contributed by atoms with Crippen LogP contribution in [0.2, 0.25) is 0 Å². The lowest BCUT2D eigenvalue weighted by atomic mass is 9.59. The number of benzene rings is 1. The molecule has 0 atom stereocenters. The molecule has 5 nitrogen and oxygen atoms in total. The number of rotatable bonds is 1. The molecule has 0 unspecified atom stereocenters. The smallest absolute Gasteiger partial charge is 0.516 e. The topological polar surface area (TPSA) is 76.7 Å². The Morgan fingerprint density at radius 1 is 1.44 bits per heavy atom. The highest BCUT2D eigenvalue weighted by atomic mass is 19.4. The Balaban J connectivity index is 2.44. The number of hydrogen-bond acceptors (Lipinski definition) is 4. The molecule has 9 heteroatoms. The summed E-state index contributed by atoms with van der Waals surface area (Å²) < 4.78 is 42.4. The fourth-order valence-electron chi connectivity index (χ4n) is 1.58. The van der Waals surface area contributed by atoms with Crippen molar-refractivity contribution in [3.63, 3.8) is 0 Å². The second-order valence-corrected chi connectivity index (χ2v) is 3.54. The van der Waals surface area contributed by atoms with Crippen molar-refractivity contribution < 1.29 is 22.6 Å². The first kappa shape index (κ1) is 12.4. The number of hydrazine groups is 1. The van der Waals surface area contributed by atoms with E-state index in [1.165, 1.54) is 12.1 Å². The molecule has 94 valence electrons. The molecule has 1 aliphatic rings. The van der Waals surface area contributed by atoms with Gasteiger partial charge in [0.15, 0.2) is 6.40 Å². The average molecular weight is 257 g/mol. The zero-order valence-electron chi connectivity index (χ0n) is 8.86. The number of fused-ring (bicyclic) bond motifs is 1. The van der Waals surface area contributed by atoms with Crippen LogP contribution in [0.15, 0.2) is 23.2 Å². The number of nitrogens with zero attached hydrogens (tertiary/aromatic N) is 1. The minimum Gasteiger partial charge on any atom is -0.540 e. The molecule has 1 aliphatic heterocycles. The van der Waals surface area contributed by atoms with Crippen LogP contribution in [0, 0.1) is 0 Å². The number of amides is 1. The van der Waals surface area contributed by atoms with Crippen LogP contribution in [-0.2, 0) is 4.65 Å². The number of aliphatic imine (C=N–C) groups is 1. The third-order valence-corrected chi connectivity index (χ3v) is 2.39. The van der Waals surface area contributed by atoms with E-state index in [1.807, 2.05) is 5.43 Å². The fraction of sp³-hybridized carbons (Fsp3) is 0.111. The van der Waals surface area contributed by atoms with Crippen LogP contribution in [0.4, 0.5) is 18.9 Å². The molecule has 0 aromatic heterocycles. The number of nitrogens with one attached hydrogen (secondary N) is 1. The normalized spacial score (nSPS) is 13.9. The molecule has 2 rings (SSSR count). The van der Waals surface area contributed by atoms with Gasteiger partial charge in [-0.15, -0.1) is 0 Å². The first-order chi connectivity index (χ1) is 8.43. The van der Waals surface area contributed by atoms with E-state index >= 15 is 0 Å². The van der Waals surface area contributed by atoms with Crippen molar-refractivity contribution in [3.05, 3.63) is 23.8 Å². The summed E-state index contributed by atoms with van der Waals surface area (Å²) in [5.41, 5.74) is 1.90. The number of carbonyl (C=O) groups excluding carboxylic acids is 1. The predicted octanol–water partition coefficient (Wildman–Crippen LogP) is 0.280. The molecule has 1 amide bonds. The quantitative estimate of drug-likeness (QED) is 0.328. The van der Waals surface area contributed by atoms with E-state index in [4.69, 9.17) is 5.84 Å². The summed E-state index contributed by atoms with van der Waals surface area (Å²) in [5, 5.41) is 0. The van der Waals surface area contributed by atoms with E-state index in [2.05, 4.69) is 9.65 Å². The second-order valence-electron chi connectivity index (χ2n) is 3.54. The zero-order valence-corrected chi connectivity index (χ0v) is 8.86. The molecule has 3 N–H and O–H groups in total. The Labute approximate surface area is 99.9 Å². The number of hydrogen-bond donors (Lipinski definition) is 2. The van der Waals surface area contributed by atoms with Crippen LogP contribution < -0.4 is 16.7 Å². The van der Waals surface area contributed by atoms with Gasteiger partial charge >= 0.3 is 13.0 Å². The van der Waals surface area contributed by atoms with E-state index in [1.54, 1.807) is 0 Å². The standard InChI is InChI=1S/C9H7BF3N3O2/c11-9(12,13)10-6-2-1-5(8(17)16-14)3-7(6)15-4-18-10/h1-4H,14H2,(H,16,17). The molecule has 0 saturated carbocycles. The van der Waals surface area contributed by atoms with Crippen LogP contribution >= 0.6 is 0 Å². The van der Waals surface area contributed by atoms with Crippen molar-refractivity contribution in [1.29, 1.82) is 0 Å². The highest BCUT2D eigenvalue weighted by molar-refractivity contribution is 6.72. The van der Waals surface area contributed by atoms with Gasteiger partial charge < -0.3 is 4.65 Å². The van der Waals surface area contributed by atoms with Gasteiger partial charge in [0.05, 0.1) is 5.69 Å². The maximum absolute atomic E-state index is 12.7. The van der Waals surface area contributed by atoms with Crippen LogP contribution in [-0.4, -0.2) is 25.3 Å². The van der Waals surface area contributed by atoms with E-state index in [-0.39, 0.29) is 16.7 Å². The van der Waals surface area contributed by atoms with Crippen LogP contribution in [0.1, 0.15) is 10.4 Å². The van der Waals surface area contributed by atoms with E-state index < -0.39 is 18.9 Å². The van der Waals surface area contributed by atoms with Crippen molar-refractivity contribution in [1.82, 2.24) is 5.43 Å². The molecule has 1 aromatic rings. The summed E-state index contributed by atoms with van der Waals surface area (Å²) in [5.74, 6) is 4.33. The fourth-order valence-corrected chi connectivity index (χ4v) is 1.58. The average Bonchev–Trinajstić information content (AvgIpc) is 2.35. The maximum Gasteiger partial charge on any atom is 0.516 e. The molecule has 0 radical (unpaired) electrons. The summed E-state index contributed by atoms with van der Waals surface area (Å²) >= 11 is 0. The monoisotopic (exact) mass is 257 g/mol. The molecule has 18 heavy (non-hydrogen) atoms. The summed E-state index contributed by atoms with van der Waals surface area (Å²) in [6.45, 7) is -2.07. The van der Waals surface area contributed by atoms with Gasteiger partial charge in [0, 0.05) is 5.56 Å². The highest BCUT2D eigenvalue weighted by Crippen LogP contribution is 2.25.